The van der Waals surface area contributed by atoms with E-state index >= 15 is 0 Å². The van der Waals surface area contributed by atoms with Gasteiger partial charge in [0.2, 0.25) is 11.8 Å². The van der Waals surface area contributed by atoms with Crippen LogP contribution in [0.1, 0.15) is 32.6 Å². The molecule has 0 spiro atoms. The van der Waals surface area contributed by atoms with Crippen molar-refractivity contribution >= 4 is 54.0 Å². The number of nitrogens with two attached hydrogens (primary N) is 1. The molecular formula is C16H25Cl3N4O2. The van der Waals surface area contributed by atoms with E-state index in [1.165, 1.54) is 6.20 Å². The van der Waals surface area contributed by atoms with Gasteiger partial charge in [0.1, 0.15) is 5.82 Å². The molecule has 6 nitrogen and oxygen atoms in total. The van der Waals surface area contributed by atoms with E-state index in [2.05, 4.69) is 10.3 Å². The number of hydrogen-bond donors (Lipinski definition) is 2. The fourth-order valence-corrected chi connectivity index (χ4v) is 2.72. The molecule has 1 saturated heterocycles. The van der Waals surface area contributed by atoms with Crippen molar-refractivity contribution in [1.82, 2.24) is 9.88 Å². The van der Waals surface area contributed by atoms with Gasteiger partial charge in [0.05, 0.1) is 10.9 Å². The van der Waals surface area contributed by atoms with Crippen LogP contribution < -0.4 is 11.1 Å². The van der Waals surface area contributed by atoms with E-state index in [9.17, 15) is 9.59 Å². The predicted molar refractivity (Wildman–Crippen MR) is 105 cm³/mol. The van der Waals surface area contributed by atoms with Crippen LogP contribution in [0.4, 0.5) is 5.82 Å². The Morgan fingerprint density at radius 3 is 2.76 bits per heavy atom. The van der Waals surface area contributed by atoms with Crippen molar-refractivity contribution in [3.8, 4) is 0 Å². The van der Waals surface area contributed by atoms with Gasteiger partial charge in [-0.15, -0.1) is 24.8 Å². The number of nitrogens with one attached hydrogen (secondary N) is 1. The number of pyridine rings is 1. The van der Waals surface area contributed by atoms with Crippen LogP contribution in [0.2, 0.25) is 5.02 Å². The number of carbonyl (C=O) groups is 2. The molecule has 1 aromatic heterocycles. The number of hydrogen-bond acceptors (Lipinski definition) is 4. The molecule has 2 atom stereocenters. The van der Waals surface area contributed by atoms with Crippen molar-refractivity contribution in [3.05, 3.63) is 23.4 Å². The standard InChI is InChI=1S/C16H23ClN4O2.2ClH/c1-11(18)4-7-15(22)21-8-2-3-12(10-21)16(23)20-14-6-5-13(17)9-19-14;;/h5-6,9,11-12H,2-4,7-8,10,18H2,1H3,(H,19,20,23);2*1H. The Labute approximate surface area is 165 Å². The molecule has 2 heterocycles. The van der Waals surface area contributed by atoms with Crippen LogP contribution in [0.25, 0.3) is 0 Å². The Bertz CT molecular complexity index is 555. The number of piperidine rings is 1. The van der Waals surface area contributed by atoms with Crippen molar-refractivity contribution in [3.63, 3.8) is 0 Å². The fourth-order valence-electron chi connectivity index (χ4n) is 2.60. The van der Waals surface area contributed by atoms with Gasteiger partial charge in [0.15, 0.2) is 0 Å². The van der Waals surface area contributed by atoms with Gasteiger partial charge in [-0.2, -0.15) is 0 Å². The first-order valence-electron chi connectivity index (χ1n) is 7.91. The maximum Gasteiger partial charge on any atom is 0.230 e. The largest absolute Gasteiger partial charge is 0.342 e. The lowest BCUT2D eigenvalue weighted by Gasteiger charge is -2.32. The van der Waals surface area contributed by atoms with Crippen LogP contribution in [0.3, 0.4) is 0 Å². The summed E-state index contributed by atoms with van der Waals surface area (Å²) in [5, 5.41) is 3.30. The lowest BCUT2D eigenvalue weighted by molar-refractivity contribution is -0.134. The summed E-state index contributed by atoms with van der Waals surface area (Å²) in [6.45, 7) is 3.05. The highest BCUT2D eigenvalue weighted by Gasteiger charge is 2.28. The van der Waals surface area contributed by atoms with Crippen molar-refractivity contribution in [2.24, 2.45) is 11.7 Å². The highest BCUT2D eigenvalue weighted by molar-refractivity contribution is 6.30. The average molecular weight is 412 g/mol. The van der Waals surface area contributed by atoms with Crippen molar-refractivity contribution < 1.29 is 9.59 Å². The SMILES string of the molecule is CC(N)CCC(=O)N1CCCC(C(=O)Nc2ccc(Cl)cn2)C1.Cl.Cl. The first-order valence-corrected chi connectivity index (χ1v) is 8.29. The molecule has 3 N–H and O–H groups in total. The second kappa shape index (κ2) is 11.5. The minimum absolute atomic E-state index is 0. The molecule has 0 bridgehead atoms. The number of likely N-dealkylation sites (tertiary alicyclic amines) is 1. The van der Waals surface area contributed by atoms with Crippen LogP contribution in [0.5, 0.6) is 0 Å². The third-order valence-corrected chi connectivity index (χ3v) is 4.16. The second-order valence-corrected chi connectivity index (χ2v) is 6.48. The van der Waals surface area contributed by atoms with E-state index < -0.39 is 0 Å². The van der Waals surface area contributed by atoms with Gasteiger partial charge in [-0.3, -0.25) is 9.59 Å². The molecule has 2 unspecified atom stereocenters. The van der Waals surface area contributed by atoms with Crippen LogP contribution in [-0.2, 0) is 9.59 Å². The zero-order valence-electron chi connectivity index (χ0n) is 14.1. The Morgan fingerprint density at radius 2 is 2.16 bits per heavy atom. The quantitative estimate of drug-likeness (QED) is 0.779. The number of halogens is 3. The zero-order chi connectivity index (χ0) is 16.8. The summed E-state index contributed by atoms with van der Waals surface area (Å²) in [5.74, 6) is 0.231. The molecule has 1 aromatic rings. The Hall–Kier alpha value is -1.08. The third-order valence-electron chi connectivity index (χ3n) is 3.94. The van der Waals surface area contributed by atoms with E-state index in [-0.39, 0.29) is 48.6 Å². The van der Waals surface area contributed by atoms with Gasteiger partial charge in [0.25, 0.3) is 0 Å². The highest BCUT2D eigenvalue weighted by atomic mass is 35.5. The molecule has 0 aromatic carbocycles. The maximum atomic E-state index is 12.3. The monoisotopic (exact) mass is 410 g/mol. The third kappa shape index (κ3) is 7.77. The molecule has 2 amide bonds. The number of carbonyl (C=O) groups excluding carboxylic acids is 2. The summed E-state index contributed by atoms with van der Waals surface area (Å²) in [6.07, 6.45) is 4.19. The molecule has 0 aliphatic carbocycles. The van der Waals surface area contributed by atoms with Crippen molar-refractivity contribution in [1.29, 1.82) is 0 Å². The Morgan fingerprint density at radius 1 is 1.44 bits per heavy atom. The van der Waals surface area contributed by atoms with Crippen molar-refractivity contribution in [2.45, 2.75) is 38.6 Å². The molecule has 142 valence electrons. The lowest BCUT2D eigenvalue weighted by Crippen LogP contribution is -2.44. The number of aromatic nitrogens is 1. The molecule has 0 saturated carbocycles. The van der Waals surface area contributed by atoms with Gasteiger partial charge in [0, 0.05) is 31.7 Å². The Balaban J connectivity index is 0.00000288. The highest BCUT2D eigenvalue weighted by Crippen LogP contribution is 2.20. The minimum atomic E-state index is -0.208. The number of anilines is 1. The van der Waals surface area contributed by atoms with Gasteiger partial charge < -0.3 is 16.0 Å². The summed E-state index contributed by atoms with van der Waals surface area (Å²) in [4.78, 5) is 30.3. The first-order chi connectivity index (χ1) is 11.0. The van der Waals surface area contributed by atoms with Crippen LogP contribution in [-0.4, -0.2) is 40.8 Å². The normalized spacial score (nSPS) is 17.7. The van der Waals surface area contributed by atoms with Crippen LogP contribution in [0.15, 0.2) is 18.3 Å². The van der Waals surface area contributed by atoms with Crippen molar-refractivity contribution in [2.75, 3.05) is 18.4 Å². The predicted octanol–water partition coefficient (Wildman–Crippen LogP) is 2.88. The summed E-state index contributed by atoms with van der Waals surface area (Å²) < 4.78 is 0. The topological polar surface area (TPSA) is 88.3 Å². The average Bonchev–Trinajstić information content (AvgIpc) is 2.54. The molecule has 9 heteroatoms. The van der Waals surface area contributed by atoms with Gasteiger partial charge in [-0.1, -0.05) is 11.6 Å². The summed E-state index contributed by atoms with van der Waals surface area (Å²) in [6, 6.07) is 3.35. The van der Waals surface area contributed by atoms with E-state index in [0.29, 0.717) is 36.8 Å². The van der Waals surface area contributed by atoms with E-state index in [0.717, 1.165) is 12.8 Å². The number of nitrogens with zero attached hydrogens (tertiary/aromatic N) is 2. The van der Waals surface area contributed by atoms with Gasteiger partial charge in [-0.25, -0.2) is 4.98 Å². The van der Waals surface area contributed by atoms with E-state index in [4.69, 9.17) is 17.3 Å². The summed E-state index contributed by atoms with van der Waals surface area (Å²) in [5.41, 5.74) is 5.69. The lowest BCUT2D eigenvalue weighted by atomic mass is 9.96. The maximum absolute atomic E-state index is 12.3. The summed E-state index contributed by atoms with van der Waals surface area (Å²) in [7, 11) is 0. The number of rotatable bonds is 5. The summed E-state index contributed by atoms with van der Waals surface area (Å²) >= 11 is 5.77. The minimum Gasteiger partial charge on any atom is -0.342 e. The Kier molecular flexibility index (Phi) is 11.0. The van der Waals surface area contributed by atoms with Gasteiger partial charge >= 0.3 is 0 Å². The molecular weight excluding hydrogens is 387 g/mol. The van der Waals surface area contributed by atoms with E-state index in [1.54, 1.807) is 17.0 Å². The smallest absolute Gasteiger partial charge is 0.230 e. The second-order valence-electron chi connectivity index (χ2n) is 6.05. The van der Waals surface area contributed by atoms with Crippen LogP contribution >= 0.6 is 36.4 Å². The zero-order valence-corrected chi connectivity index (χ0v) is 16.5. The molecule has 1 fully saturated rings. The van der Waals surface area contributed by atoms with Crippen LogP contribution in [0, 0.1) is 5.92 Å². The molecule has 0 radical (unpaired) electrons. The van der Waals surface area contributed by atoms with Gasteiger partial charge in [-0.05, 0) is 38.3 Å². The first kappa shape index (κ1) is 23.9. The molecule has 1 aliphatic rings. The fraction of sp³-hybridized carbons (Fsp3) is 0.562. The number of amides is 2. The molecule has 25 heavy (non-hydrogen) atoms. The molecule has 1 aliphatic heterocycles. The van der Waals surface area contributed by atoms with E-state index in [1.807, 2.05) is 6.92 Å². The molecule has 2 rings (SSSR count).